The Hall–Kier alpha value is -2.69. The minimum atomic E-state index is -0.812. The van der Waals surface area contributed by atoms with Gasteiger partial charge in [-0.05, 0) is 48.6 Å². The van der Waals surface area contributed by atoms with E-state index >= 15 is 0 Å². The summed E-state index contributed by atoms with van der Waals surface area (Å²) < 4.78 is 53.4. The Balaban J connectivity index is 2.17. The summed E-state index contributed by atoms with van der Waals surface area (Å²) in [6, 6.07) is 6.61. The average molecular weight is 306 g/mol. The first-order valence-corrected chi connectivity index (χ1v) is 6.27. The van der Waals surface area contributed by atoms with Crippen LogP contribution < -0.4 is 0 Å². The van der Waals surface area contributed by atoms with Crippen molar-refractivity contribution >= 4 is 17.9 Å². The Bertz CT molecular complexity index is 659. The normalized spacial score (nSPS) is 11.5. The number of hydrogen-bond donors (Lipinski definition) is 0. The molecule has 0 bridgehead atoms. The summed E-state index contributed by atoms with van der Waals surface area (Å²) in [4.78, 5) is 11.6. The van der Waals surface area contributed by atoms with E-state index in [0.29, 0.717) is 0 Å². The number of carbonyl (C=O) groups excluding carboxylic acids is 1. The molecule has 0 amide bonds. The summed E-state index contributed by atoms with van der Waals surface area (Å²) in [5.74, 6) is -3.91. The number of ketones is 1. The van der Waals surface area contributed by atoms with Crippen LogP contribution >= 0.6 is 0 Å². The molecule has 2 rings (SSSR count). The van der Waals surface area contributed by atoms with Gasteiger partial charge in [0.25, 0.3) is 0 Å². The van der Waals surface area contributed by atoms with Gasteiger partial charge in [0, 0.05) is 11.1 Å². The van der Waals surface area contributed by atoms with Crippen LogP contribution in [0.1, 0.15) is 11.1 Å². The van der Waals surface area contributed by atoms with E-state index in [1.165, 1.54) is 12.1 Å². The quantitative estimate of drug-likeness (QED) is 0.599. The van der Waals surface area contributed by atoms with Gasteiger partial charge in [0.15, 0.2) is 5.78 Å². The number of rotatable bonds is 4. The fourth-order valence-electron chi connectivity index (χ4n) is 1.73. The molecule has 0 atom stereocenters. The van der Waals surface area contributed by atoms with Gasteiger partial charge in [-0.15, -0.1) is 0 Å². The van der Waals surface area contributed by atoms with Crippen molar-refractivity contribution in [1.29, 1.82) is 0 Å². The highest BCUT2D eigenvalue weighted by atomic mass is 19.1. The average Bonchev–Trinajstić information content (AvgIpc) is 2.46. The first kappa shape index (κ1) is 15.7. The fraction of sp³-hybridized carbons (Fsp3) is 0. The zero-order chi connectivity index (χ0) is 16.1. The molecule has 5 heteroatoms. The maximum atomic E-state index is 13.3. The van der Waals surface area contributed by atoms with Gasteiger partial charge in [0.05, 0.1) is 0 Å². The summed E-state index contributed by atoms with van der Waals surface area (Å²) in [5, 5.41) is 0. The minimum absolute atomic E-state index is 0.360. The Morgan fingerprint density at radius 1 is 0.682 bits per heavy atom. The lowest BCUT2D eigenvalue weighted by atomic mass is 10.1. The van der Waals surface area contributed by atoms with Crippen LogP contribution in [-0.2, 0) is 4.79 Å². The zero-order valence-electron chi connectivity index (χ0n) is 11.2. The van der Waals surface area contributed by atoms with Crippen molar-refractivity contribution in [2.45, 2.75) is 0 Å². The van der Waals surface area contributed by atoms with E-state index in [0.717, 1.165) is 48.6 Å². The van der Waals surface area contributed by atoms with Crippen LogP contribution in [0.25, 0.3) is 12.2 Å². The largest absolute Gasteiger partial charge is 0.290 e. The van der Waals surface area contributed by atoms with Gasteiger partial charge in [-0.2, -0.15) is 0 Å². The number of hydrogen-bond acceptors (Lipinski definition) is 1. The summed E-state index contributed by atoms with van der Waals surface area (Å²) in [5.41, 5.74) is -0.720. The number of allylic oxidation sites excluding steroid dienone is 2. The molecule has 2 aromatic rings. The van der Waals surface area contributed by atoms with E-state index in [4.69, 9.17) is 0 Å². The standard InChI is InChI=1S/C17H10F4O/c18-14-3-1-4-15(19)12(14)9-7-11(22)8-10-13-16(20)5-2-6-17(13)21/h1-10H. The molecule has 0 saturated heterocycles. The molecule has 0 aliphatic carbocycles. The summed E-state index contributed by atoms with van der Waals surface area (Å²) in [7, 11) is 0. The highest BCUT2D eigenvalue weighted by Gasteiger charge is 2.06. The lowest BCUT2D eigenvalue weighted by Crippen LogP contribution is -1.91. The Morgan fingerprint density at radius 3 is 1.32 bits per heavy atom. The Morgan fingerprint density at radius 2 is 1.00 bits per heavy atom. The molecule has 0 saturated carbocycles. The molecule has 112 valence electrons. The highest BCUT2D eigenvalue weighted by Crippen LogP contribution is 2.15. The van der Waals surface area contributed by atoms with E-state index < -0.39 is 29.1 Å². The molecule has 0 spiro atoms. The Labute approximate surface area is 124 Å². The molecular weight excluding hydrogens is 296 g/mol. The molecule has 1 nitrogen and oxygen atoms in total. The molecule has 22 heavy (non-hydrogen) atoms. The maximum Gasteiger partial charge on any atom is 0.178 e. The van der Waals surface area contributed by atoms with E-state index in [-0.39, 0.29) is 11.1 Å². The van der Waals surface area contributed by atoms with Crippen LogP contribution in [0.3, 0.4) is 0 Å². The molecule has 0 aliphatic rings. The third-order valence-electron chi connectivity index (χ3n) is 2.83. The summed E-state index contributed by atoms with van der Waals surface area (Å²) in [6.45, 7) is 0. The van der Waals surface area contributed by atoms with Gasteiger partial charge in [-0.3, -0.25) is 4.79 Å². The molecular formula is C17H10F4O. The number of carbonyl (C=O) groups is 1. The molecule has 0 heterocycles. The molecule has 2 aromatic carbocycles. The molecule has 0 N–H and O–H groups in total. The SMILES string of the molecule is O=C(C=Cc1c(F)cccc1F)C=Cc1c(F)cccc1F. The monoisotopic (exact) mass is 306 g/mol. The van der Waals surface area contributed by atoms with Crippen molar-refractivity contribution in [3.63, 3.8) is 0 Å². The lowest BCUT2D eigenvalue weighted by molar-refractivity contribution is -0.110. The van der Waals surface area contributed by atoms with Crippen molar-refractivity contribution < 1.29 is 22.4 Å². The first-order valence-electron chi connectivity index (χ1n) is 6.27. The topological polar surface area (TPSA) is 17.1 Å². The van der Waals surface area contributed by atoms with Crippen LogP contribution in [0, 0.1) is 23.3 Å². The fourth-order valence-corrected chi connectivity index (χ4v) is 1.73. The highest BCUT2D eigenvalue weighted by molar-refractivity contribution is 6.04. The molecule has 0 aliphatic heterocycles. The maximum absolute atomic E-state index is 13.3. The number of benzene rings is 2. The van der Waals surface area contributed by atoms with Gasteiger partial charge in [0.2, 0.25) is 0 Å². The summed E-state index contributed by atoms with van der Waals surface area (Å²) >= 11 is 0. The van der Waals surface area contributed by atoms with Gasteiger partial charge in [-0.25, -0.2) is 17.6 Å². The van der Waals surface area contributed by atoms with Crippen LogP contribution in [-0.4, -0.2) is 5.78 Å². The van der Waals surface area contributed by atoms with Crippen molar-refractivity contribution in [2.24, 2.45) is 0 Å². The first-order chi connectivity index (χ1) is 10.5. The van der Waals surface area contributed by atoms with Crippen LogP contribution in [0.2, 0.25) is 0 Å². The smallest absolute Gasteiger partial charge is 0.178 e. The van der Waals surface area contributed by atoms with Gasteiger partial charge >= 0.3 is 0 Å². The second-order valence-electron chi connectivity index (χ2n) is 4.34. The van der Waals surface area contributed by atoms with Crippen molar-refractivity contribution in [2.75, 3.05) is 0 Å². The van der Waals surface area contributed by atoms with E-state index in [1.807, 2.05) is 0 Å². The van der Waals surface area contributed by atoms with Gasteiger partial charge in [-0.1, -0.05) is 12.1 Å². The predicted octanol–water partition coefficient (Wildman–Crippen LogP) is 4.54. The van der Waals surface area contributed by atoms with Crippen LogP contribution in [0.4, 0.5) is 17.6 Å². The predicted molar refractivity (Wildman–Crippen MR) is 75.8 cm³/mol. The molecule has 0 aromatic heterocycles. The zero-order valence-corrected chi connectivity index (χ0v) is 11.2. The van der Waals surface area contributed by atoms with Crippen molar-refractivity contribution in [3.8, 4) is 0 Å². The van der Waals surface area contributed by atoms with Gasteiger partial charge < -0.3 is 0 Å². The summed E-state index contributed by atoms with van der Waals surface area (Å²) in [6.07, 6.45) is 3.76. The van der Waals surface area contributed by atoms with E-state index in [1.54, 1.807) is 0 Å². The molecule has 0 radical (unpaired) electrons. The number of halogens is 4. The minimum Gasteiger partial charge on any atom is -0.290 e. The van der Waals surface area contributed by atoms with Gasteiger partial charge in [0.1, 0.15) is 23.3 Å². The van der Waals surface area contributed by atoms with E-state index in [2.05, 4.69) is 0 Å². The van der Waals surface area contributed by atoms with E-state index in [9.17, 15) is 22.4 Å². The van der Waals surface area contributed by atoms with Crippen molar-refractivity contribution in [3.05, 3.63) is 82.9 Å². The third kappa shape index (κ3) is 3.69. The molecule has 0 unspecified atom stereocenters. The lowest BCUT2D eigenvalue weighted by Gasteiger charge is -1.98. The second kappa shape index (κ2) is 6.85. The Kier molecular flexibility index (Phi) is 4.88. The molecule has 0 fully saturated rings. The van der Waals surface area contributed by atoms with Crippen LogP contribution in [0.15, 0.2) is 48.6 Å². The second-order valence-corrected chi connectivity index (χ2v) is 4.34. The van der Waals surface area contributed by atoms with Crippen LogP contribution in [0.5, 0.6) is 0 Å². The third-order valence-corrected chi connectivity index (χ3v) is 2.83. The van der Waals surface area contributed by atoms with Crippen molar-refractivity contribution in [1.82, 2.24) is 0 Å².